The van der Waals surface area contributed by atoms with E-state index in [4.69, 9.17) is 10.5 Å². The van der Waals surface area contributed by atoms with Crippen LogP contribution in [0.3, 0.4) is 0 Å². The van der Waals surface area contributed by atoms with Crippen molar-refractivity contribution in [2.24, 2.45) is 10.7 Å². The van der Waals surface area contributed by atoms with E-state index in [0.717, 1.165) is 49.0 Å². The number of nitrogens with two attached hydrogens (primary N) is 1. The number of anilines is 1. The standard InChI is InChI=1S/C22H25FN6O.HI/c1-30-21-8-6-20(7-9-21)29-11-10-18(26-29)16-25-22(24)28-14-12-27(13-15-28)19-4-2-17(23)3-5-19;/h2-11H,12-16H2,1H3,(H2,24,25);1H. The van der Waals surface area contributed by atoms with Crippen molar-refractivity contribution in [1.29, 1.82) is 0 Å². The van der Waals surface area contributed by atoms with Gasteiger partial charge in [0.1, 0.15) is 11.6 Å². The van der Waals surface area contributed by atoms with Crippen LogP contribution in [0.25, 0.3) is 5.69 Å². The van der Waals surface area contributed by atoms with Crippen molar-refractivity contribution in [1.82, 2.24) is 14.7 Å². The molecule has 3 aromatic rings. The summed E-state index contributed by atoms with van der Waals surface area (Å²) in [5.41, 5.74) is 9.03. The number of hydrogen-bond donors (Lipinski definition) is 1. The summed E-state index contributed by atoms with van der Waals surface area (Å²) in [4.78, 5) is 8.81. The van der Waals surface area contributed by atoms with Gasteiger partial charge in [-0.05, 0) is 54.6 Å². The van der Waals surface area contributed by atoms with Gasteiger partial charge in [-0.1, -0.05) is 0 Å². The predicted octanol–water partition coefficient (Wildman–Crippen LogP) is 3.27. The van der Waals surface area contributed by atoms with E-state index < -0.39 is 0 Å². The van der Waals surface area contributed by atoms with Crippen molar-refractivity contribution >= 4 is 35.6 Å². The van der Waals surface area contributed by atoms with Gasteiger partial charge in [-0.3, -0.25) is 0 Å². The number of piperazine rings is 1. The van der Waals surface area contributed by atoms with E-state index >= 15 is 0 Å². The van der Waals surface area contributed by atoms with E-state index in [1.54, 1.807) is 7.11 Å². The van der Waals surface area contributed by atoms with Crippen LogP contribution in [0.5, 0.6) is 5.75 Å². The molecule has 31 heavy (non-hydrogen) atoms. The predicted molar refractivity (Wildman–Crippen MR) is 131 cm³/mol. The second kappa shape index (κ2) is 10.5. The highest BCUT2D eigenvalue weighted by atomic mass is 127. The highest BCUT2D eigenvalue weighted by molar-refractivity contribution is 14.0. The molecular formula is C22H26FIN6O. The zero-order valence-electron chi connectivity index (χ0n) is 17.3. The maximum atomic E-state index is 13.1. The lowest BCUT2D eigenvalue weighted by molar-refractivity contribution is 0.380. The monoisotopic (exact) mass is 536 g/mol. The van der Waals surface area contributed by atoms with Gasteiger partial charge in [0.2, 0.25) is 0 Å². The van der Waals surface area contributed by atoms with Crippen LogP contribution in [0.15, 0.2) is 65.8 Å². The number of rotatable bonds is 5. The van der Waals surface area contributed by atoms with E-state index in [1.165, 1.54) is 12.1 Å². The van der Waals surface area contributed by atoms with Crippen molar-refractivity contribution in [3.05, 3.63) is 72.3 Å². The molecular weight excluding hydrogens is 510 g/mol. The minimum Gasteiger partial charge on any atom is -0.497 e. The van der Waals surface area contributed by atoms with Crippen LogP contribution < -0.4 is 15.4 Å². The van der Waals surface area contributed by atoms with Crippen LogP contribution in [0.2, 0.25) is 0 Å². The van der Waals surface area contributed by atoms with Crippen molar-refractivity contribution in [2.45, 2.75) is 6.54 Å². The van der Waals surface area contributed by atoms with E-state index in [-0.39, 0.29) is 29.8 Å². The summed E-state index contributed by atoms with van der Waals surface area (Å²) in [5.74, 6) is 1.11. The van der Waals surface area contributed by atoms with Crippen LogP contribution in [0, 0.1) is 5.82 Å². The van der Waals surface area contributed by atoms with Crippen LogP contribution in [0.1, 0.15) is 5.69 Å². The van der Waals surface area contributed by atoms with E-state index in [2.05, 4.69) is 19.9 Å². The highest BCUT2D eigenvalue weighted by Gasteiger charge is 2.18. The number of benzene rings is 2. The quantitative estimate of drug-likeness (QED) is 0.308. The Labute approximate surface area is 198 Å². The van der Waals surface area contributed by atoms with Crippen LogP contribution >= 0.6 is 24.0 Å². The summed E-state index contributed by atoms with van der Waals surface area (Å²) in [7, 11) is 1.64. The number of aromatic nitrogens is 2. The topological polar surface area (TPSA) is 71.9 Å². The van der Waals surface area contributed by atoms with Gasteiger partial charge in [0.15, 0.2) is 5.96 Å². The highest BCUT2D eigenvalue weighted by Crippen LogP contribution is 2.17. The summed E-state index contributed by atoms with van der Waals surface area (Å²) < 4.78 is 20.1. The third-order valence-electron chi connectivity index (χ3n) is 5.18. The fourth-order valence-corrected chi connectivity index (χ4v) is 3.43. The van der Waals surface area contributed by atoms with Gasteiger partial charge in [-0.25, -0.2) is 14.1 Å². The molecule has 4 rings (SSSR count). The molecule has 9 heteroatoms. The normalized spacial score (nSPS) is 14.3. The lowest BCUT2D eigenvalue weighted by Gasteiger charge is -2.36. The molecule has 1 aliphatic heterocycles. The van der Waals surface area contributed by atoms with E-state index in [1.807, 2.05) is 53.3 Å². The number of methoxy groups -OCH3 is 1. The molecule has 0 atom stereocenters. The van der Waals surface area contributed by atoms with Gasteiger partial charge < -0.3 is 20.3 Å². The molecule has 0 spiro atoms. The van der Waals surface area contributed by atoms with Crippen molar-refractivity contribution < 1.29 is 9.13 Å². The Morgan fingerprint density at radius 2 is 1.65 bits per heavy atom. The van der Waals surface area contributed by atoms with Crippen LogP contribution in [-0.2, 0) is 6.54 Å². The van der Waals surface area contributed by atoms with Crippen molar-refractivity contribution in [3.8, 4) is 11.4 Å². The summed E-state index contributed by atoms with van der Waals surface area (Å²) >= 11 is 0. The van der Waals surface area contributed by atoms with Gasteiger partial charge in [0.25, 0.3) is 0 Å². The average Bonchev–Trinajstić information content (AvgIpc) is 3.27. The molecule has 1 aromatic heterocycles. The molecule has 1 saturated heterocycles. The number of guanidine groups is 1. The molecule has 2 aromatic carbocycles. The number of hydrogen-bond acceptors (Lipinski definition) is 4. The van der Waals surface area contributed by atoms with Gasteiger partial charge in [-0.15, -0.1) is 24.0 Å². The molecule has 7 nitrogen and oxygen atoms in total. The second-order valence-corrected chi connectivity index (χ2v) is 7.07. The van der Waals surface area contributed by atoms with Gasteiger partial charge in [-0.2, -0.15) is 5.10 Å². The van der Waals surface area contributed by atoms with Gasteiger partial charge in [0, 0.05) is 38.1 Å². The molecule has 0 amide bonds. The zero-order valence-corrected chi connectivity index (χ0v) is 19.6. The fraction of sp³-hybridized carbons (Fsp3) is 0.273. The molecule has 2 heterocycles. The Bertz CT molecular complexity index is 998. The third-order valence-corrected chi connectivity index (χ3v) is 5.18. The summed E-state index contributed by atoms with van der Waals surface area (Å²) in [6.07, 6.45) is 1.91. The minimum absolute atomic E-state index is 0. The van der Waals surface area contributed by atoms with E-state index in [0.29, 0.717) is 12.5 Å². The Hall–Kier alpha value is -2.82. The number of ether oxygens (including phenoxy) is 1. The average molecular weight is 536 g/mol. The summed E-state index contributed by atoms with van der Waals surface area (Å²) in [6, 6.07) is 16.2. The molecule has 0 bridgehead atoms. The molecule has 0 saturated carbocycles. The first kappa shape index (κ1) is 22.9. The summed E-state index contributed by atoms with van der Waals surface area (Å²) in [5, 5.41) is 4.57. The molecule has 0 unspecified atom stereocenters. The number of aliphatic imine (C=N–C) groups is 1. The Kier molecular flexibility index (Phi) is 7.72. The van der Waals surface area contributed by atoms with Crippen molar-refractivity contribution in [2.75, 3.05) is 38.2 Å². The molecule has 164 valence electrons. The maximum absolute atomic E-state index is 13.1. The molecule has 1 aliphatic rings. The lowest BCUT2D eigenvalue weighted by Crippen LogP contribution is -2.51. The zero-order chi connectivity index (χ0) is 20.9. The van der Waals surface area contributed by atoms with Gasteiger partial charge >= 0.3 is 0 Å². The molecule has 0 aliphatic carbocycles. The Balaban J connectivity index is 0.00000272. The number of halogens is 2. The fourth-order valence-electron chi connectivity index (χ4n) is 3.43. The summed E-state index contributed by atoms with van der Waals surface area (Å²) in [6.45, 7) is 3.59. The largest absolute Gasteiger partial charge is 0.497 e. The molecule has 0 radical (unpaired) electrons. The third kappa shape index (κ3) is 5.66. The van der Waals surface area contributed by atoms with Gasteiger partial charge in [0.05, 0.1) is 25.0 Å². The first-order chi connectivity index (χ1) is 14.6. The SMILES string of the molecule is COc1ccc(-n2ccc(CN=C(N)N3CCN(c4ccc(F)cc4)CC3)n2)cc1.I. The maximum Gasteiger partial charge on any atom is 0.191 e. The second-order valence-electron chi connectivity index (χ2n) is 7.07. The Morgan fingerprint density at radius 1 is 1.00 bits per heavy atom. The minimum atomic E-state index is -0.219. The molecule has 1 fully saturated rings. The lowest BCUT2D eigenvalue weighted by atomic mass is 10.2. The van der Waals surface area contributed by atoms with Crippen LogP contribution in [0.4, 0.5) is 10.1 Å². The molecule has 2 N–H and O–H groups in total. The van der Waals surface area contributed by atoms with Crippen molar-refractivity contribution in [3.63, 3.8) is 0 Å². The van der Waals surface area contributed by atoms with Crippen LogP contribution in [-0.4, -0.2) is 53.9 Å². The smallest absolute Gasteiger partial charge is 0.191 e. The first-order valence-electron chi connectivity index (χ1n) is 9.87. The van der Waals surface area contributed by atoms with E-state index in [9.17, 15) is 4.39 Å². The number of nitrogens with zero attached hydrogens (tertiary/aromatic N) is 5. The Morgan fingerprint density at radius 3 is 2.29 bits per heavy atom. The first-order valence-corrected chi connectivity index (χ1v) is 9.87.